The van der Waals surface area contributed by atoms with Crippen molar-refractivity contribution >= 4 is 7.60 Å². The van der Waals surface area contributed by atoms with Crippen LogP contribution in [0, 0.1) is 5.66 Å². The summed E-state index contributed by atoms with van der Waals surface area (Å²) in [7, 11) is -4.19. The molecule has 0 unspecified atom stereocenters. The SMILES string of the molecule is O=P(O)(O)[C](Cc1ccccc1)Cc1ccccc1. The van der Waals surface area contributed by atoms with Crippen molar-refractivity contribution in [2.45, 2.75) is 12.8 Å². The zero-order valence-electron chi connectivity index (χ0n) is 10.4. The quantitative estimate of drug-likeness (QED) is 0.824. The van der Waals surface area contributed by atoms with E-state index in [1.54, 1.807) is 0 Å². The van der Waals surface area contributed by atoms with Gasteiger partial charge in [0.2, 0.25) is 0 Å². The zero-order chi connectivity index (χ0) is 13.7. The van der Waals surface area contributed by atoms with Crippen LogP contribution < -0.4 is 0 Å². The van der Waals surface area contributed by atoms with Crippen LogP contribution in [0.4, 0.5) is 0 Å². The van der Waals surface area contributed by atoms with Crippen molar-refractivity contribution < 1.29 is 14.4 Å². The van der Waals surface area contributed by atoms with E-state index in [-0.39, 0.29) is 5.66 Å². The normalized spacial score (nSPS) is 11.7. The van der Waals surface area contributed by atoms with E-state index in [1.807, 2.05) is 60.7 Å². The van der Waals surface area contributed by atoms with Crippen molar-refractivity contribution in [1.82, 2.24) is 0 Å². The summed E-state index contributed by atoms with van der Waals surface area (Å²) in [5.41, 5.74) is 2.08. The highest BCUT2D eigenvalue weighted by Gasteiger charge is 2.29. The van der Waals surface area contributed by atoms with E-state index in [2.05, 4.69) is 0 Å². The minimum Gasteiger partial charge on any atom is -0.324 e. The van der Waals surface area contributed by atoms with Crippen LogP contribution in [0.3, 0.4) is 0 Å². The molecule has 2 rings (SSSR count). The molecule has 2 N–H and O–H groups in total. The highest BCUT2D eigenvalue weighted by atomic mass is 31.2. The second-order valence-corrected chi connectivity index (χ2v) is 6.16. The van der Waals surface area contributed by atoms with Crippen molar-refractivity contribution in [2.24, 2.45) is 0 Å². The molecule has 0 aliphatic carbocycles. The van der Waals surface area contributed by atoms with Gasteiger partial charge in [-0.05, 0) is 24.0 Å². The maximum Gasteiger partial charge on any atom is 0.333 e. The van der Waals surface area contributed by atoms with E-state index in [0.717, 1.165) is 11.1 Å². The largest absolute Gasteiger partial charge is 0.333 e. The molecule has 0 heterocycles. The maximum absolute atomic E-state index is 11.6. The Labute approximate surface area is 113 Å². The smallest absolute Gasteiger partial charge is 0.324 e. The van der Waals surface area contributed by atoms with Gasteiger partial charge in [0.25, 0.3) is 0 Å². The molecule has 0 bridgehead atoms. The van der Waals surface area contributed by atoms with Crippen molar-refractivity contribution in [1.29, 1.82) is 0 Å². The predicted molar refractivity (Wildman–Crippen MR) is 75.6 cm³/mol. The fourth-order valence-electron chi connectivity index (χ4n) is 1.93. The summed E-state index contributed by atoms with van der Waals surface area (Å²) in [6, 6.07) is 18.8. The molecule has 0 saturated carbocycles. The molecular formula is C15H16O3P. The predicted octanol–water partition coefficient (Wildman–Crippen LogP) is 3.18. The first-order valence-corrected chi connectivity index (χ1v) is 7.65. The van der Waals surface area contributed by atoms with Gasteiger partial charge in [-0.15, -0.1) is 0 Å². The van der Waals surface area contributed by atoms with Crippen molar-refractivity contribution in [3.8, 4) is 0 Å². The maximum atomic E-state index is 11.6. The molecule has 4 heteroatoms. The van der Waals surface area contributed by atoms with Crippen LogP contribution in [-0.4, -0.2) is 9.79 Å². The van der Waals surface area contributed by atoms with Gasteiger partial charge in [-0.2, -0.15) is 0 Å². The van der Waals surface area contributed by atoms with E-state index in [0.29, 0.717) is 12.8 Å². The van der Waals surface area contributed by atoms with Crippen molar-refractivity contribution in [3.63, 3.8) is 0 Å². The summed E-state index contributed by atoms with van der Waals surface area (Å²) in [5, 5.41) is 0. The second-order valence-electron chi connectivity index (χ2n) is 4.44. The summed E-state index contributed by atoms with van der Waals surface area (Å²) in [4.78, 5) is 18.9. The van der Waals surface area contributed by atoms with Crippen molar-refractivity contribution in [3.05, 3.63) is 77.4 Å². The Morgan fingerprint density at radius 2 is 1.16 bits per heavy atom. The lowest BCUT2D eigenvalue weighted by Crippen LogP contribution is -2.06. The zero-order valence-corrected chi connectivity index (χ0v) is 11.3. The minimum absolute atomic E-state index is 0.255. The number of hydrogen-bond donors (Lipinski definition) is 2. The van der Waals surface area contributed by atoms with Gasteiger partial charge in [0, 0.05) is 0 Å². The van der Waals surface area contributed by atoms with E-state index in [4.69, 9.17) is 0 Å². The number of hydrogen-bond acceptors (Lipinski definition) is 1. The van der Waals surface area contributed by atoms with E-state index < -0.39 is 7.60 Å². The van der Waals surface area contributed by atoms with Gasteiger partial charge in [0.15, 0.2) is 0 Å². The van der Waals surface area contributed by atoms with Crippen LogP contribution in [0.2, 0.25) is 0 Å². The van der Waals surface area contributed by atoms with Crippen LogP contribution in [0.5, 0.6) is 0 Å². The lowest BCUT2D eigenvalue weighted by Gasteiger charge is -2.17. The summed E-state index contributed by atoms with van der Waals surface area (Å²) in [6.45, 7) is 0. The minimum atomic E-state index is -4.19. The topological polar surface area (TPSA) is 57.5 Å². The van der Waals surface area contributed by atoms with Crippen LogP contribution in [-0.2, 0) is 17.4 Å². The van der Waals surface area contributed by atoms with Gasteiger partial charge in [-0.25, -0.2) is 0 Å². The summed E-state index contributed by atoms with van der Waals surface area (Å²) in [6.07, 6.45) is 0.611. The molecule has 0 saturated heterocycles. The molecule has 0 aromatic heterocycles. The highest BCUT2D eigenvalue weighted by molar-refractivity contribution is 7.55. The van der Waals surface area contributed by atoms with Crippen LogP contribution in [0.1, 0.15) is 11.1 Å². The molecular weight excluding hydrogens is 259 g/mol. The summed E-state index contributed by atoms with van der Waals surface area (Å²) < 4.78 is 11.6. The Morgan fingerprint density at radius 3 is 1.47 bits per heavy atom. The molecule has 2 aromatic carbocycles. The molecule has 3 nitrogen and oxygen atoms in total. The lowest BCUT2D eigenvalue weighted by atomic mass is 10.0. The van der Waals surface area contributed by atoms with Crippen LogP contribution in [0.15, 0.2) is 60.7 Å². The molecule has 19 heavy (non-hydrogen) atoms. The first-order chi connectivity index (χ1) is 9.05. The van der Waals surface area contributed by atoms with Gasteiger partial charge < -0.3 is 9.79 Å². The van der Waals surface area contributed by atoms with E-state index >= 15 is 0 Å². The van der Waals surface area contributed by atoms with Gasteiger partial charge in [-0.3, -0.25) is 4.57 Å². The second kappa shape index (κ2) is 6.16. The highest BCUT2D eigenvalue weighted by Crippen LogP contribution is 2.50. The van der Waals surface area contributed by atoms with Gasteiger partial charge in [-0.1, -0.05) is 60.7 Å². The molecule has 0 aliphatic heterocycles. The molecule has 0 aliphatic rings. The fraction of sp³-hybridized carbons (Fsp3) is 0.133. The van der Waals surface area contributed by atoms with Gasteiger partial charge in [0.05, 0.1) is 5.66 Å². The third-order valence-corrected chi connectivity index (χ3v) is 4.05. The van der Waals surface area contributed by atoms with Crippen LogP contribution in [0.25, 0.3) is 0 Å². The molecule has 0 amide bonds. The molecule has 0 fully saturated rings. The molecule has 2 aromatic rings. The van der Waals surface area contributed by atoms with Gasteiger partial charge in [0.1, 0.15) is 0 Å². The first kappa shape index (κ1) is 14.0. The Kier molecular flexibility index (Phi) is 4.54. The Hall–Kier alpha value is -1.41. The third kappa shape index (κ3) is 4.32. The fourth-order valence-corrected chi connectivity index (χ4v) is 2.71. The van der Waals surface area contributed by atoms with E-state index in [1.165, 1.54) is 0 Å². The third-order valence-electron chi connectivity index (χ3n) is 2.91. The summed E-state index contributed by atoms with van der Waals surface area (Å²) in [5.74, 6) is 0. The number of rotatable bonds is 5. The van der Waals surface area contributed by atoms with E-state index in [9.17, 15) is 14.4 Å². The Balaban J connectivity index is 2.16. The summed E-state index contributed by atoms with van der Waals surface area (Å²) >= 11 is 0. The van der Waals surface area contributed by atoms with Crippen molar-refractivity contribution in [2.75, 3.05) is 0 Å². The molecule has 99 valence electrons. The molecule has 1 radical (unpaired) electrons. The molecule has 0 spiro atoms. The Morgan fingerprint density at radius 1 is 0.789 bits per heavy atom. The Bertz CT molecular complexity index is 507. The van der Waals surface area contributed by atoms with Crippen LogP contribution >= 0.6 is 7.60 Å². The average Bonchev–Trinajstić information content (AvgIpc) is 2.39. The molecule has 0 atom stereocenters. The standard InChI is InChI=1S/C15H16O3P/c16-19(17,18)15(11-13-7-3-1-4-8-13)12-14-9-5-2-6-10-14/h1-10H,11-12H2,(H2,16,17,18). The van der Waals surface area contributed by atoms with Gasteiger partial charge >= 0.3 is 7.60 Å². The average molecular weight is 275 g/mol. The lowest BCUT2D eigenvalue weighted by molar-refractivity contribution is 0.371. The number of benzene rings is 2. The first-order valence-electron chi connectivity index (χ1n) is 6.04. The monoisotopic (exact) mass is 275 g/mol.